The highest BCUT2D eigenvalue weighted by molar-refractivity contribution is 6.31. The third-order valence-electron chi connectivity index (χ3n) is 4.12. The normalized spacial score (nSPS) is 11.6. The summed E-state index contributed by atoms with van der Waals surface area (Å²) < 4.78 is 0. The number of rotatable bonds is 3. The van der Waals surface area contributed by atoms with E-state index in [1.54, 1.807) is 0 Å². The Morgan fingerprint density at radius 2 is 1.48 bits per heavy atom. The average Bonchev–Trinajstić information content (AvgIpc) is 2.67. The standard InChI is InChI=1S/C23H16ClN/c24-20-12-14-22-19(16-20)11-13-23(25-22)21(18-9-5-2-6-10-18)15-17-7-3-1-4-8-17/h1-16H/b21-15+. The second kappa shape index (κ2) is 6.92. The molecule has 25 heavy (non-hydrogen) atoms. The van der Waals surface area contributed by atoms with Gasteiger partial charge in [-0.3, -0.25) is 0 Å². The van der Waals surface area contributed by atoms with Crippen LogP contribution in [-0.2, 0) is 0 Å². The molecule has 3 aromatic carbocycles. The van der Waals surface area contributed by atoms with Crippen LogP contribution in [0.4, 0.5) is 0 Å². The smallest absolute Gasteiger partial charge is 0.0715 e. The molecule has 0 aliphatic heterocycles. The molecule has 0 saturated carbocycles. The average molecular weight is 342 g/mol. The second-order valence-corrected chi connectivity index (χ2v) is 6.30. The van der Waals surface area contributed by atoms with E-state index in [0.717, 1.165) is 38.3 Å². The predicted molar refractivity (Wildman–Crippen MR) is 107 cm³/mol. The van der Waals surface area contributed by atoms with Gasteiger partial charge in [-0.05, 0) is 41.5 Å². The lowest BCUT2D eigenvalue weighted by atomic mass is 9.99. The Morgan fingerprint density at radius 3 is 2.24 bits per heavy atom. The van der Waals surface area contributed by atoms with E-state index in [9.17, 15) is 0 Å². The Hall–Kier alpha value is -2.90. The van der Waals surface area contributed by atoms with Gasteiger partial charge in [0.05, 0.1) is 11.2 Å². The van der Waals surface area contributed by atoms with Gasteiger partial charge in [0.1, 0.15) is 0 Å². The molecular formula is C23H16ClN. The first-order valence-corrected chi connectivity index (χ1v) is 8.56. The summed E-state index contributed by atoms with van der Waals surface area (Å²) in [6, 6.07) is 30.6. The molecule has 1 heterocycles. The number of pyridine rings is 1. The van der Waals surface area contributed by atoms with Gasteiger partial charge in [-0.2, -0.15) is 0 Å². The number of benzene rings is 3. The van der Waals surface area contributed by atoms with Gasteiger partial charge in [0, 0.05) is 16.0 Å². The van der Waals surface area contributed by atoms with Crippen molar-refractivity contribution in [3.63, 3.8) is 0 Å². The summed E-state index contributed by atoms with van der Waals surface area (Å²) >= 11 is 6.09. The zero-order valence-corrected chi connectivity index (χ0v) is 14.3. The maximum Gasteiger partial charge on any atom is 0.0715 e. The molecule has 1 aromatic heterocycles. The Morgan fingerprint density at radius 1 is 0.760 bits per heavy atom. The van der Waals surface area contributed by atoms with E-state index in [4.69, 9.17) is 16.6 Å². The van der Waals surface area contributed by atoms with Gasteiger partial charge in [0.2, 0.25) is 0 Å². The molecule has 4 aromatic rings. The summed E-state index contributed by atoms with van der Waals surface area (Å²) in [5.41, 5.74) is 5.29. The molecule has 0 amide bonds. The van der Waals surface area contributed by atoms with E-state index >= 15 is 0 Å². The van der Waals surface area contributed by atoms with Crippen LogP contribution < -0.4 is 0 Å². The van der Waals surface area contributed by atoms with Crippen molar-refractivity contribution in [2.75, 3.05) is 0 Å². The molecule has 2 heteroatoms. The highest BCUT2D eigenvalue weighted by Crippen LogP contribution is 2.27. The van der Waals surface area contributed by atoms with E-state index in [0.29, 0.717) is 0 Å². The molecule has 0 unspecified atom stereocenters. The van der Waals surface area contributed by atoms with Crippen LogP contribution in [-0.4, -0.2) is 4.98 Å². The monoisotopic (exact) mass is 341 g/mol. The largest absolute Gasteiger partial charge is 0.248 e. The Kier molecular flexibility index (Phi) is 4.32. The number of nitrogens with zero attached hydrogens (tertiary/aromatic N) is 1. The molecule has 0 spiro atoms. The van der Waals surface area contributed by atoms with E-state index in [-0.39, 0.29) is 0 Å². The van der Waals surface area contributed by atoms with Gasteiger partial charge in [-0.15, -0.1) is 0 Å². The van der Waals surface area contributed by atoms with E-state index in [2.05, 4.69) is 54.6 Å². The molecule has 1 nitrogen and oxygen atoms in total. The molecule has 0 bridgehead atoms. The molecule has 0 N–H and O–H groups in total. The number of fused-ring (bicyclic) bond motifs is 1. The summed E-state index contributed by atoms with van der Waals surface area (Å²) in [6.45, 7) is 0. The SMILES string of the molecule is Clc1ccc2nc(/C(=C/c3ccccc3)c3ccccc3)ccc2c1. The van der Waals surface area contributed by atoms with Crippen LogP contribution in [0, 0.1) is 0 Å². The summed E-state index contributed by atoms with van der Waals surface area (Å²) in [6.07, 6.45) is 2.18. The third kappa shape index (κ3) is 3.47. The van der Waals surface area contributed by atoms with Crippen LogP contribution in [0.5, 0.6) is 0 Å². The second-order valence-electron chi connectivity index (χ2n) is 5.87. The van der Waals surface area contributed by atoms with Crippen LogP contribution in [0.15, 0.2) is 91.0 Å². The van der Waals surface area contributed by atoms with Crippen LogP contribution >= 0.6 is 11.6 Å². The van der Waals surface area contributed by atoms with Gasteiger partial charge in [-0.25, -0.2) is 4.98 Å². The lowest BCUT2D eigenvalue weighted by Gasteiger charge is -2.09. The summed E-state index contributed by atoms with van der Waals surface area (Å²) in [7, 11) is 0. The lowest BCUT2D eigenvalue weighted by molar-refractivity contribution is 1.34. The van der Waals surface area contributed by atoms with E-state index in [1.807, 2.05) is 42.5 Å². The van der Waals surface area contributed by atoms with Crippen molar-refractivity contribution in [3.8, 4) is 0 Å². The van der Waals surface area contributed by atoms with Crippen LogP contribution in [0.1, 0.15) is 16.8 Å². The van der Waals surface area contributed by atoms with Gasteiger partial charge < -0.3 is 0 Å². The van der Waals surface area contributed by atoms with Gasteiger partial charge >= 0.3 is 0 Å². The first kappa shape index (κ1) is 15.6. The maximum absolute atomic E-state index is 6.09. The minimum absolute atomic E-state index is 0.727. The van der Waals surface area contributed by atoms with Crippen LogP contribution in [0.3, 0.4) is 0 Å². The quantitative estimate of drug-likeness (QED) is 0.389. The fourth-order valence-corrected chi connectivity index (χ4v) is 3.07. The maximum atomic E-state index is 6.09. The predicted octanol–water partition coefficient (Wildman–Crippen LogP) is 6.48. The van der Waals surface area contributed by atoms with E-state index in [1.165, 1.54) is 0 Å². The van der Waals surface area contributed by atoms with E-state index < -0.39 is 0 Å². The first-order valence-electron chi connectivity index (χ1n) is 8.18. The van der Waals surface area contributed by atoms with Gasteiger partial charge in [0.15, 0.2) is 0 Å². The Labute approximate surface area is 152 Å². The zero-order chi connectivity index (χ0) is 17.1. The number of halogens is 1. The highest BCUT2D eigenvalue weighted by atomic mass is 35.5. The number of hydrogen-bond acceptors (Lipinski definition) is 1. The van der Waals surface area contributed by atoms with Crippen molar-refractivity contribution < 1.29 is 0 Å². The number of hydrogen-bond donors (Lipinski definition) is 0. The molecule has 0 aliphatic rings. The molecule has 0 radical (unpaired) electrons. The topological polar surface area (TPSA) is 12.9 Å². The highest BCUT2D eigenvalue weighted by Gasteiger charge is 2.08. The minimum Gasteiger partial charge on any atom is -0.248 e. The van der Waals surface area contributed by atoms with Crippen LogP contribution in [0.25, 0.3) is 22.6 Å². The van der Waals surface area contributed by atoms with Crippen molar-refractivity contribution in [1.29, 1.82) is 0 Å². The fourth-order valence-electron chi connectivity index (χ4n) is 2.89. The van der Waals surface area contributed by atoms with Gasteiger partial charge in [0.25, 0.3) is 0 Å². The van der Waals surface area contributed by atoms with Crippen LogP contribution in [0.2, 0.25) is 5.02 Å². The lowest BCUT2D eigenvalue weighted by Crippen LogP contribution is -1.93. The minimum atomic E-state index is 0.727. The molecule has 0 aliphatic carbocycles. The summed E-state index contributed by atoms with van der Waals surface area (Å²) in [5.74, 6) is 0. The third-order valence-corrected chi connectivity index (χ3v) is 4.36. The molecule has 4 rings (SSSR count). The van der Waals surface area contributed by atoms with Crippen molar-refractivity contribution in [3.05, 3.63) is 113 Å². The van der Waals surface area contributed by atoms with Crippen molar-refractivity contribution in [1.82, 2.24) is 4.98 Å². The fraction of sp³-hybridized carbons (Fsp3) is 0. The van der Waals surface area contributed by atoms with Crippen molar-refractivity contribution >= 4 is 34.2 Å². The van der Waals surface area contributed by atoms with Crippen molar-refractivity contribution in [2.45, 2.75) is 0 Å². The number of aromatic nitrogens is 1. The Balaban J connectivity index is 1.89. The van der Waals surface area contributed by atoms with Crippen molar-refractivity contribution in [2.24, 2.45) is 0 Å². The van der Waals surface area contributed by atoms with Gasteiger partial charge in [-0.1, -0.05) is 78.3 Å². The molecular weight excluding hydrogens is 326 g/mol. The zero-order valence-electron chi connectivity index (χ0n) is 13.6. The summed E-state index contributed by atoms with van der Waals surface area (Å²) in [5, 5.41) is 1.77. The molecule has 0 saturated heterocycles. The molecule has 120 valence electrons. The summed E-state index contributed by atoms with van der Waals surface area (Å²) in [4.78, 5) is 4.86. The molecule has 0 atom stereocenters. The first-order chi connectivity index (χ1) is 12.3. The molecule has 0 fully saturated rings. The Bertz CT molecular complexity index is 1040.